The van der Waals surface area contributed by atoms with Gasteiger partial charge in [-0.15, -0.1) is 0 Å². The van der Waals surface area contributed by atoms with Crippen LogP contribution in [0.4, 0.5) is 0 Å². The topological polar surface area (TPSA) is 26.2 Å². The Kier molecular flexibility index (Phi) is 3.00. The number of nitrogens with one attached hydrogen (secondary N) is 1. The highest BCUT2D eigenvalue weighted by molar-refractivity contribution is 5.39. The van der Waals surface area contributed by atoms with Crippen molar-refractivity contribution in [3.05, 3.63) is 53.9 Å². The van der Waals surface area contributed by atoms with Crippen LogP contribution in [0.2, 0.25) is 0 Å². The molecule has 1 aliphatic carbocycles. The minimum Gasteiger partial charge on any atom is -0.493 e. The van der Waals surface area contributed by atoms with Crippen molar-refractivity contribution in [3.63, 3.8) is 0 Å². The maximum atomic E-state index is 5.78. The summed E-state index contributed by atoms with van der Waals surface area (Å²) < 4.78 is 8.15. The van der Waals surface area contributed by atoms with Gasteiger partial charge in [0.25, 0.3) is 0 Å². The second-order valence-corrected chi connectivity index (χ2v) is 5.85. The van der Waals surface area contributed by atoms with Crippen LogP contribution in [0.15, 0.2) is 42.6 Å². The van der Waals surface area contributed by atoms with Crippen LogP contribution in [-0.4, -0.2) is 17.2 Å². The third-order valence-electron chi connectivity index (χ3n) is 4.29. The molecule has 0 spiro atoms. The van der Waals surface area contributed by atoms with Gasteiger partial charge in [0.15, 0.2) is 0 Å². The first-order valence-electron chi connectivity index (χ1n) is 7.49. The van der Waals surface area contributed by atoms with E-state index < -0.39 is 0 Å². The van der Waals surface area contributed by atoms with E-state index in [0.29, 0.717) is 5.92 Å². The normalized spacial score (nSPS) is 20.7. The lowest BCUT2D eigenvalue weighted by Gasteiger charge is -2.14. The van der Waals surface area contributed by atoms with E-state index in [2.05, 4.69) is 46.4 Å². The van der Waals surface area contributed by atoms with Crippen molar-refractivity contribution < 1.29 is 4.74 Å². The standard InChI is InChI=1S/C17H20N2O/c1-2-6-17-16(5-1)13(12-20-17)11-19-9-3-4-15(19)10-18-14-7-8-14/h1-6,9,13-14,18H,7-8,10-12H2. The summed E-state index contributed by atoms with van der Waals surface area (Å²) in [5.41, 5.74) is 2.73. The SMILES string of the molecule is c1ccc2c(c1)OCC2Cn1cccc1CNC1CC1. The van der Waals surface area contributed by atoms with Gasteiger partial charge in [0.1, 0.15) is 5.75 Å². The van der Waals surface area contributed by atoms with E-state index in [1.165, 1.54) is 24.1 Å². The molecule has 3 heteroatoms. The number of fused-ring (bicyclic) bond motifs is 1. The van der Waals surface area contributed by atoms with Crippen LogP contribution in [0.1, 0.15) is 30.0 Å². The molecule has 1 atom stereocenters. The number of hydrogen-bond donors (Lipinski definition) is 1. The van der Waals surface area contributed by atoms with Crippen molar-refractivity contribution >= 4 is 0 Å². The Labute approximate surface area is 119 Å². The second-order valence-electron chi connectivity index (χ2n) is 5.85. The number of ether oxygens (including phenoxy) is 1. The average molecular weight is 268 g/mol. The van der Waals surface area contributed by atoms with E-state index in [1.807, 2.05) is 6.07 Å². The number of nitrogens with zero attached hydrogens (tertiary/aromatic N) is 1. The van der Waals surface area contributed by atoms with E-state index in [4.69, 9.17) is 4.74 Å². The molecule has 1 N–H and O–H groups in total. The Bertz CT molecular complexity index is 601. The minimum atomic E-state index is 0.471. The van der Waals surface area contributed by atoms with Crippen molar-refractivity contribution in [1.82, 2.24) is 9.88 Å². The zero-order valence-corrected chi connectivity index (χ0v) is 11.6. The molecular formula is C17H20N2O. The zero-order valence-electron chi connectivity index (χ0n) is 11.6. The Hall–Kier alpha value is -1.74. The van der Waals surface area contributed by atoms with E-state index in [0.717, 1.165) is 31.5 Å². The van der Waals surface area contributed by atoms with Gasteiger partial charge in [0.2, 0.25) is 0 Å². The number of benzene rings is 1. The van der Waals surface area contributed by atoms with Crippen molar-refractivity contribution in [2.24, 2.45) is 0 Å². The fourth-order valence-electron chi connectivity index (χ4n) is 2.94. The van der Waals surface area contributed by atoms with Gasteiger partial charge in [-0.05, 0) is 31.0 Å². The van der Waals surface area contributed by atoms with Gasteiger partial charge in [-0.3, -0.25) is 0 Å². The Morgan fingerprint density at radius 3 is 2.95 bits per heavy atom. The molecule has 1 unspecified atom stereocenters. The summed E-state index contributed by atoms with van der Waals surface area (Å²) >= 11 is 0. The molecule has 1 saturated carbocycles. The second kappa shape index (κ2) is 4.98. The lowest BCUT2D eigenvalue weighted by atomic mass is 10.0. The third kappa shape index (κ3) is 2.34. The van der Waals surface area contributed by atoms with Gasteiger partial charge in [-0.1, -0.05) is 18.2 Å². The quantitative estimate of drug-likeness (QED) is 0.902. The van der Waals surface area contributed by atoms with Crippen LogP contribution in [0.3, 0.4) is 0 Å². The zero-order chi connectivity index (χ0) is 13.4. The summed E-state index contributed by atoms with van der Waals surface area (Å²) in [6, 6.07) is 13.5. The molecule has 20 heavy (non-hydrogen) atoms. The molecule has 1 aliphatic heterocycles. The lowest BCUT2D eigenvalue weighted by molar-refractivity contribution is 0.318. The van der Waals surface area contributed by atoms with Crippen LogP contribution < -0.4 is 10.1 Å². The van der Waals surface area contributed by atoms with Crippen LogP contribution in [0.5, 0.6) is 5.75 Å². The number of rotatable bonds is 5. The molecule has 1 aromatic heterocycles. The molecular weight excluding hydrogens is 248 g/mol. The van der Waals surface area contributed by atoms with E-state index in [9.17, 15) is 0 Å². The van der Waals surface area contributed by atoms with Crippen molar-refractivity contribution in [2.45, 2.75) is 37.9 Å². The third-order valence-corrected chi connectivity index (χ3v) is 4.29. The van der Waals surface area contributed by atoms with Crippen LogP contribution in [0, 0.1) is 0 Å². The highest BCUT2D eigenvalue weighted by atomic mass is 16.5. The van der Waals surface area contributed by atoms with Gasteiger partial charge < -0.3 is 14.6 Å². The summed E-state index contributed by atoms with van der Waals surface area (Å²) in [6.45, 7) is 2.78. The summed E-state index contributed by atoms with van der Waals surface area (Å²) in [7, 11) is 0. The highest BCUT2D eigenvalue weighted by Gasteiger charge is 2.25. The molecule has 0 bridgehead atoms. The van der Waals surface area contributed by atoms with Crippen LogP contribution >= 0.6 is 0 Å². The van der Waals surface area contributed by atoms with Gasteiger partial charge >= 0.3 is 0 Å². The Balaban J connectivity index is 1.48. The predicted octanol–water partition coefficient (Wildman–Crippen LogP) is 2.92. The Morgan fingerprint density at radius 2 is 2.05 bits per heavy atom. The van der Waals surface area contributed by atoms with Gasteiger partial charge in [0, 0.05) is 42.5 Å². The first-order valence-corrected chi connectivity index (χ1v) is 7.49. The maximum absolute atomic E-state index is 5.78. The van der Waals surface area contributed by atoms with Gasteiger partial charge in [-0.2, -0.15) is 0 Å². The summed E-state index contributed by atoms with van der Waals surface area (Å²) in [4.78, 5) is 0. The lowest BCUT2D eigenvalue weighted by Crippen LogP contribution is -2.19. The molecule has 0 radical (unpaired) electrons. The molecule has 2 aromatic rings. The molecule has 1 aromatic carbocycles. The summed E-state index contributed by atoms with van der Waals surface area (Å²) in [6.07, 6.45) is 4.86. The number of aromatic nitrogens is 1. The monoisotopic (exact) mass is 268 g/mol. The summed E-state index contributed by atoms with van der Waals surface area (Å²) in [5.74, 6) is 1.53. The van der Waals surface area contributed by atoms with Gasteiger partial charge in [-0.25, -0.2) is 0 Å². The minimum absolute atomic E-state index is 0.471. The fraction of sp³-hybridized carbons (Fsp3) is 0.412. The molecule has 4 rings (SSSR count). The van der Waals surface area contributed by atoms with Crippen molar-refractivity contribution in [2.75, 3.05) is 6.61 Å². The van der Waals surface area contributed by atoms with Crippen molar-refractivity contribution in [1.29, 1.82) is 0 Å². The molecule has 104 valence electrons. The van der Waals surface area contributed by atoms with Crippen LogP contribution in [0.25, 0.3) is 0 Å². The van der Waals surface area contributed by atoms with Gasteiger partial charge in [0.05, 0.1) is 6.61 Å². The number of para-hydroxylation sites is 1. The predicted molar refractivity (Wildman–Crippen MR) is 79.0 cm³/mol. The molecule has 2 aliphatic rings. The first-order chi connectivity index (χ1) is 9.90. The van der Waals surface area contributed by atoms with Crippen LogP contribution in [-0.2, 0) is 13.1 Å². The molecule has 3 nitrogen and oxygen atoms in total. The fourth-order valence-corrected chi connectivity index (χ4v) is 2.94. The first kappa shape index (κ1) is 12.0. The molecule has 0 saturated heterocycles. The highest BCUT2D eigenvalue weighted by Crippen LogP contribution is 2.34. The van der Waals surface area contributed by atoms with Crippen molar-refractivity contribution in [3.8, 4) is 5.75 Å². The summed E-state index contributed by atoms with van der Waals surface area (Å²) in [5, 5.41) is 3.59. The Morgan fingerprint density at radius 1 is 1.15 bits per heavy atom. The van der Waals surface area contributed by atoms with E-state index >= 15 is 0 Å². The molecule has 2 heterocycles. The number of hydrogen-bond acceptors (Lipinski definition) is 2. The smallest absolute Gasteiger partial charge is 0.122 e. The molecule has 0 amide bonds. The molecule has 1 fully saturated rings. The van der Waals surface area contributed by atoms with E-state index in [-0.39, 0.29) is 0 Å². The maximum Gasteiger partial charge on any atom is 0.122 e. The average Bonchev–Trinajstić information content (AvgIpc) is 3.07. The van der Waals surface area contributed by atoms with E-state index in [1.54, 1.807) is 0 Å². The largest absolute Gasteiger partial charge is 0.493 e.